The van der Waals surface area contributed by atoms with Gasteiger partial charge >= 0.3 is 0 Å². The van der Waals surface area contributed by atoms with Crippen molar-refractivity contribution in [3.8, 4) is 0 Å². The molecule has 2 rings (SSSR count). The zero-order valence-electron chi connectivity index (χ0n) is 8.57. The summed E-state index contributed by atoms with van der Waals surface area (Å²) in [5, 5.41) is 0. The van der Waals surface area contributed by atoms with Gasteiger partial charge in [-0.3, -0.25) is 4.90 Å². The molecule has 1 radical (unpaired) electrons. The lowest BCUT2D eigenvalue weighted by atomic mass is 10.1. The Morgan fingerprint density at radius 3 is 2.57 bits per heavy atom. The van der Waals surface area contributed by atoms with Gasteiger partial charge in [-0.05, 0) is 18.6 Å². The first-order valence-corrected chi connectivity index (χ1v) is 5.16. The van der Waals surface area contributed by atoms with E-state index in [1.165, 1.54) is 5.56 Å². The quantitative estimate of drug-likeness (QED) is 0.706. The summed E-state index contributed by atoms with van der Waals surface area (Å²) in [4.78, 5) is 2.46. The predicted molar refractivity (Wildman–Crippen MR) is 56.1 cm³/mol. The Labute approximate surface area is 85.5 Å². The molecule has 0 N–H and O–H groups in total. The summed E-state index contributed by atoms with van der Waals surface area (Å²) < 4.78 is 5.34. The highest BCUT2D eigenvalue weighted by Gasteiger charge is 2.17. The molecule has 1 aliphatic heterocycles. The first kappa shape index (κ1) is 9.69. The lowest BCUT2D eigenvalue weighted by molar-refractivity contribution is 0.0198. The van der Waals surface area contributed by atoms with E-state index < -0.39 is 0 Å². The molecule has 1 aromatic rings. The van der Waals surface area contributed by atoms with Gasteiger partial charge in [0.2, 0.25) is 0 Å². The van der Waals surface area contributed by atoms with Crippen molar-refractivity contribution in [2.75, 3.05) is 26.3 Å². The van der Waals surface area contributed by atoms with E-state index in [2.05, 4.69) is 30.0 Å². The number of ether oxygens (including phenoxy) is 1. The number of nitrogens with zero attached hydrogens (tertiary/aromatic N) is 1. The average Bonchev–Trinajstić information content (AvgIpc) is 2.30. The lowest BCUT2D eigenvalue weighted by Gasteiger charge is -2.32. The van der Waals surface area contributed by atoms with E-state index in [-0.39, 0.29) is 0 Å². The number of hydrogen-bond donors (Lipinski definition) is 0. The van der Waals surface area contributed by atoms with E-state index in [1.54, 1.807) is 0 Å². The number of rotatable bonds is 2. The van der Waals surface area contributed by atoms with Crippen LogP contribution in [-0.2, 0) is 4.74 Å². The van der Waals surface area contributed by atoms with Crippen molar-refractivity contribution in [3.63, 3.8) is 0 Å². The van der Waals surface area contributed by atoms with Gasteiger partial charge in [-0.2, -0.15) is 0 Å². The Bertz CT molecular complexity index is 267. The average molecular weight is 190 g/mol. The highest BCUT2D eigenvalue weighted by molar-refractivity contribution is 5.17. The van der Waals surface area contributed by atoms with Crippen LogP contribution in [0.2, 0.25) is 0 Å². The van der Waals surface area contributed by atoms with Gasteiger partial charge in [-0.1, -0.05) is 24.3 Å². The zero-order valence-corrected chi connectivity index (χ0v) is 8.57. The van der Waals surface area contributed by atoms with Crippen molar-refractivity contribution >= 4 is 0 Å². The molecule has 1 aromatic carbocycles. The van der Waals surface area contributed by atoms with Crippen LogP contribution < -0.4 is 0 Å². The summed E-state index contributed by atoms with van der Waals surface area (Å²) in [6, 6.07) is 11.8. The number of hydrogen-bond acceptors (Lipinski definition) is 2. The maximum absolute atomic E-state index is 5.34. The van der Waals surface area contributed by atoms with Crippen molar-refractivity contribution in [1.82, 2.24) is 4.90 Å². The van der Waals surface area contributed by atoms with Crippen molar-refractivity contribution in [2.24, 2.45) is 0 Å². The number of morpholine rings is 1. The summed E-state index contributed by atoms with van der Waals surface area (Å²) in [6.45, 7) is 6.06. The smallest absolute Gasteiger partial charge is 0.0594 e. The predicted octanol–water partition coefficient (Wildman–Crippen LogP) is 1.88. The highest BCUT2D eigenvalue weighted by Crippen LogP contribution is 2.20. The summed E-state index contributed by atoms with van der Waals surface area (Å²) in [7, 11) is 0. The Morgan fingerprint density at radius 1 is 1.29 bits per heavy atom. The van der Waals surface area contributed by atoms with Crippen molar-refractivity contribution in [2.45, 2.75) is 13.0 Å². The topological polar surface area (TPSA) is 12.5 Å². The molecule has 1 atom stereocenters. The van der Waals surface area contributed by atoms with Crippen LogP contribution >= 0.6 is 0 Å². The molecule has 1 unspecified atom stereocenters. The third-order valence-electron chi connectivity index (χ3n) is 2.82. The lowest BCUT2D eigenvalue weighted by Crippen LogP contribution is -2.37. The van der Waals surface area contributed by atoms with E-state index in [4.69, 9.17) is 4.74 Å². The van der Waals surface area contributed by atoms with Gasteiger partial charge in [0.15, 0.2) is 0 Å². The Morgan fingerprint density at radius 2 is 1.93 bits per heavy atom. The molecule has 1 saturated heterocycles. The molecule has 1 aliphatic rings. The Balaban J connectivity index is 2.03. The SMILES string of the molecule is CC(c1cc[c]cc1)N1CCOCC1. The molecule has 0 amide bonds. The van der Waals surface area contributed by atoms with Gasteiger partial charge in [0.25, 0.3) is 0 Å². The zero-order chi connectivity index (χ0) is 9.80. The molecule has 0 saturated carbocycles. The van der Waals surface area contributed by atoms with Crippen LogP contribution in [0.5, 0.6) is 0 Å². The largest absolute Gasteiger partial charge is 0.379 e. The first-order chi connectivity index (χ1) is 6.88. The molecule has 0 aromatic heterocycles. The molecular weight excluding hydrogens is 174 g/mol. The van der Waals surface area contributed by atoms with Crippen LogP contribution in [0.4, 0.5) is 0 Å². The molecular formula is C12H16NO. The van der Waals surface area contributed by atoms with Crippen LogP contribution in [0.3, 0.4) is 0 Å². The van der Waals surface area contributed by atoms with Crippen LogP contribution in [0.15, 0.2) is 24.3 Å². The minimum Gasteiger partial charge on any atom is -0.379 e. The molecule has 0 aliphatic carbocycles. The van der Waals surface area contributed by atoms with Gasteiger partial charge in [0, 0.05) is 19.1 Å². The third-order valence-corrected chi connectivity index (χ3v) is 2.82. The second-order valence-electron chi connectivity index (χ2n) is 3.66. The normalized spacial score (nSPS) is 20.6. The fourth-order valence-electron chi connectivity index (χ4n) is 1.85. The maximum atomic E-state index is 5.34. The number of benzene rings is 1. The van der Waals surface area contributed by atoms with E-state index in [1.807, 2.05) is 12.1 Å². The molecule has 0 spiro atoms. The van der Waals surface area contributed by atoms with Crippen molar-refractivity contribution in [1.29, 1.82) is 0 Å². The second-order valence-corrected chi connectivity index (χ2v) is 3.66. The van der Waals surface area contributed by atoms with Crippen LogP contribution in [0.1, 0.15) is 18.5 Å². The maximum Gasteiger partial charge on any atom is 0.0594 e. The summed E-state index contributed by atoms with van der Waals surface area (Å²) in [5.74, 6) is 0. The summed E-state index contributed by atoms with van der Waals surface area (Å²) in [6.07, 6.45) is 0. The van der Waals surface area contributed by atoms with Crippen molar-refractivity contribution < 1.29 is 4.74 Å². The van der Waals surface area contributed by atoms with Crippen LogP contribution in [0.25, 0.3) is 0 Å². The summed E-state index contributed by atoms with van der Waals surface area (Å²) >= 11 is 0. The minimum absolute atomic E-state index is 0.494. The third kappa shape index (κ3) is 2.14. The minimum atomic E-state index is 0.494. The van der Waals surface area contributed by atoms with Gasteiger partial charge in [0.1, 0.15) is 0 Å². The fraction of sp³-hybridized carbons (Fsp3) is 0.500. The van der Waals surface area contributed by atoms with Crippen LogP contribution in [-0.4, -0.2) is 31.2 Å². The van der Waals surface area contributed by atoms with Gasteiger partial charge in [-0.15, -0.1) is 0 Å². The van der Waals surface area contributed by atoms with Gasteiger partial charge in [0.05, 0.1) is 13.2 Å². The van der Waals surface area contributed by atoms with Gasteiger partial charge in [-0.25, -0.2) is 0 Å². The standard InChI is InChI=1S/C12H16NO/c1-11(12-5-3-2-4-6-12)13-7-9-14-10-8-13/h3-6,11H,7-10H2,1H3. The van der Waals surface area contributed by atoms with E-state index in [9.17, 15) is 0 Å². The molecule has 0 bridgehead atoms. The highest BCUT2D eigenvalue weighted by atomic mass is 16.5. The van der Waals surface area contributed by atoms with E-state index in [0.29, 0.717) is 6.04 Å². The van der Waals surface area contributed by atoms with E-state index >= 15 is 0 Å². The Hall–Kier alpha value is -0.860. The van der Waals surface area contributed by atoms with E-state index in [0.717, 1.165) is 26.3 Å². The molecule has 75 valence electrons. The fourth-order valence-corrected chi connectivity index (χ4v) is 1.85. The molecule has 2 heteroatoms. The first-order valence-electron chi connectivity index (χ1n) is 5.16. The van der Waals surface area contributed by atoms with Gasteiger partial charge < -0.3 is 4.74 Å². The molecule has 1 fully saturated rings. The molecule has 1 heterocycles. The second kappa shape index (κ2) is 4.58. The Kier molecular flexibility index (Phi) is 3.17. The summed E-state index contributed by atoms with van der Waals surface area (Å²) in [5.41, 5.74) is 1.37. The molecule has 2 nitrogen and oxygen atoms in total. The van der Waals surface area contributed by atoms with Crippen molar-refractivity contribution in [3.05, 3.63) is 35.9 Å². The monoisotopic (exact) mass is 190 g/mol. The van der Waals surface area contributed by atoms with Crippen LogP contribution in [0, 0.1) is 6.07 Å². The molecule has 14 heavy (non-hydrogen) atoms.